The highest BCUT2D eigenvalue weighted by Gasteiger charge is 2.25. The molecule has 164 valence electrons. The van der Waals surface area contributed by atoms with Crippen molar-refractivity contribution >= 4 is 27.9 Å². The van der Waals surface area contributed by atoms with Crippen LogP contribution in [0.15, 0.2) is 41.3 Å². The number of carboxylic acids is 1. The molecular weight excluding hydrogens is 404 g/mol. The number of aromatic nitrogens is 3. The number of rotatable bonds is 6. The summed E-state index contributed by atoms with van der Waals surface area (Å²) in [6.45, 7) is 7.97. The largest absolute Gasteiger partial charge is 0.481 e. The normalized spacial score (nSPS) is 13.3. The predicted molar refractivity (Wildman–Crippen MR) is 124 cm³/mol. The molecule has 0 radical (unpaired) electrons. The van der Waals surface area contributed by atoms with E-state index in [1.165, 1.54) is 11.1 Å². The molecule has 0 aliphatic heterocycles. The van der Waals surface area contributed by atoms with Crippen molar-refractivity contribution in [2.24, 2.45) is 0 Å². The fourth-order valence-corrected chi connectivity index (χ4v) is 4.55. The Bertz CT molecular complexity index is 1450. The van der Waals surface area contributed by atoms with Gasteiger partial charge in [-0.2, -0.15) is 5.26 Å². The van der Waals surface area contributed by atoms with E-state index in [2.05, 4.69) is 37.0 Å². The monoisotopic (exact) mass is 430 g/mol. The number of nitrogens with one attached hydrogen (secondary N) is 1. The molecular formula is C25H26N4O3. The number of H-pyrrole nitrogens is 1. The molecule has 2 aromatic carbocycles. The summed E-state index contributed by atoms with van der Waals surface area (Å²) in [5.41, 5.74) is 5.79. The third kappa shape index (κ3) is 3.38. The predicted octanol–water partition coefficient (Wildman–Crippen LogP) is 4.81. The van der Waals surface area contributed by atoms with Gasteiger partial charge in [-0.15, -0.1) is 0 Å². The Morgan fingerprint density at radius 1 is 1.16 bits per heavy atom. The van der Waals surface area contributed by atoms with Gasteiger partial charge in [-0.05, 0) is 68.7 Å². The van der Waals surface area contributed by atoms with Crippen molar-refractivity contribution < 1.29 is 9.90 Å². The van der Waals surface area contributed by atoms with Gasteiger partial charge in [0.1, 0.15) is 0 Å². The molecule has 0 bridgehead atoms. The SMILES string of the molecule is CCC(CC(=O)O)n1c(=O)n([C@@H](C)c2c[nH]c3cc(C)c(C)cc23)c2ccc(C#N)cc21. The number of benzene rings is 2. The van der Waals surface area contributed by atoms with Gasteiger partial charge in [0.15, 0.2) is 0 Å². The van der Waals surface area contributed by atoms with E-state index in [0.29, 0.717) is 23.0 Å². The van der Waals surface area contributed by atoms with Crippen LogP contribution in [-0.2, 0) is 4.79 Å². The molecule has 0 fully saturated rings. The summed E-state index contributed by atoms with van der Waals surface area (Å²) >= 11 is 0. The molecule has 0 saturated heterocycles. The number of aryl methyl sites for hydroxylation is 2. The van der Waals surface area contributed by atoms with Gasteiger partial charge in [0.2, 0.25) is 0 Å². The van der Waals surface area contributed by atoms with Crippen LogP contribution >= 0.6 is 0 Å². The van der Waals surface area contributed by atoms with E-state index in [-0.39, 0.29) is 18.2 Å². The number of carboxylic acid groups (broad SMARTS) is 1. The smallest absolute Gasteiger partial charge is 0.329 e. The average Bonchev–Trinajstić information content (AvgIpc) is 3.29. The second-order valence-electron chi connectivity index (χ2n) is 8.40. The van der Waals surface area contributed by atoms with Crippen LogP contribution in [0, 0.1) is 25.2 Å². The second-order valence-corrected chi connectivity index (χ2v) is 8.40. The zero-order valence-corrected chi connectivity index (χ0v) is 18.6. The summed E-state index contributed by atoms with van der Waals surface area (Å²) < 4.78 is 3.25. The van der Waals surface area contributed by atoms with E-state index >= 15 is 0 Å². The van der Waals surface area contributed by atoms with Crippen LogP contribution in [0.2, 0.25) is 0 Å². The molecule has 2 N–H and O–H groups in total. The number of hydrogen-bond donors (Lipinski definition) is 2. The van der Waals surface area contributed by atoms with Crippen molar-refractivity contribution in [3.8, 4) is 6.07 Å². The summed E-state index contributed by atoms with van der Waals surface area (Å²) in [6.07, 6.45) is 2.26. The van der Waals surface area contributed by atoms with Gasteiger partial charge in [-0.3, -0.25) is 13.9 Å². The summed E-state index contributed by atoms with van der Waals surface area (Å²) in [7, 11) is 0. The molecule has 2 aromatic heterocycles. The molecule has 7 heteroatoms. The molecule has 7 nitrogen and oxygen atoms in total. The minimum absolute atomic E-state index is 0.160. The Morgan fingerprint density at radius 2 is 1.88 bits per heavy atom. The second kappa shape index (κ2) is 8.04. The number of aromatic amines is 1. The first-order valence-electron chi connectivity index (χ1n) is 10.7. The van der Waals surface area contributed by atoms with Crippen LogP contribution in [0.25, 0.3) is 21.9 Å². The molecule has 0 amide bonds. The molecule has 0 aliphatic carbocycles. The number of imidazole rings is 1. The van der Waals surface area contributed by atoms with Crippen molar-refractivity contribution in [1.82, 2.24) is 14.1 Å². The van der Waals surface area contributed by atoms with E-state index in [0.717, 1.165) is 16.5 Å². The minimum atomic E-state index is -0.961. The first-order valence-corrected chi connectivity index (χ1v) is 10.7. The van der Waals surface area contributed by atoms with E-state index in [9.17, 15) is 20.0 Å². The van der Waals surface area contributed by atoms with Crippen molar-refractivity contribution in [3.05, 3.63) is 69.3 Å². The molecule has 4 aromatic rings. The standard InChI is InChI=1S/C25H26N4O3/c1-5-18(11-24(30)31)29-23-10-17(12-26)6-7-22(23)28(25(29)32)16(4)20-13-27-21-9-15(3)14(2)8-19(20)21/h6-10,13,16,18,27H,5,11H2,1-4H3,(H,30,31)/t16-,18?/m0/s1. The maximum atomic E-state index is 13.7. The lowest BCUT2D eigenvalue weighted by Gasteiger charge is -2.15. The van der Waals surface area contributed by atoms with E-state index in [1.54, 1.807) is 27.3 Å². The third-order valence-electron chi connectivity index (χ3n) is 6.45. The lowest BCUT2D eigenvalue weighted by atomic mass is 10.0. The van der Waals surface area contributed by atoms with Crippen molar-refractivity contribution in [2.75, 3.05) is 0 Å². The molecule has 1 unspecified atom stereocenters. The Kier molecular flexibility index (Phi) is 5.39. The maximum Gasteiger partial charge on any atom is 0.329 e. The van der Waals surface area contributed by atoms with Crippen LogP contribution in [0.5, 0.6) is 0 Å². The molecule has 0 saturated carbocycles. The van der Waals surface area contributed by atoms with Crippen LogP contribution < -0.4 is 5.69 Å². The number of hydrogen-bond acceptors (Lipinski definition) is 3. The van der Waals surface area contributed by atoms with E-state index in [4.69, 9.17) is 0 Å². The highest BCUT2D eigenvalue weighted by molar-refractivity contribution is 5.86. The molecule has 0 spiro atoms. The Balaban J connectivity index is 1.98. The van der Waals surface area contributed by atoms with E-state index < -0.39 is 12.0 Å². The average molecular weight is 431 g/mol. The number of nitrogens with zero attached hydrogens (tertiary/aromatic N) is 3. The van der Waals surface area contributed by atoms with Gasteiger partial charge in [-0.25, -0.2) is 4.79 Å². The van der Waals surface area contributed by atoms with Gasteiger partial charge in [0, 0.05) is 28.7 Å². The molecule has 2 heterocycles. The van der Waals surface area contributed by atoms with Crippen LogP contribution in [0.4, 0.5) is 0 Å². The Hall–Kier alpha value is -3.79. The summed E-state index contributed by atoms with van der Waals surface area (Å²) in [5, 5.41) is 19.8. The van der Waals surface area contributed by atoms with E-state index in [1.807, 2.05) is 20.0 Å². The first kappa shape index (κ1) is 21.4. The lowest BCUT2D eigenvalue weighted by Crippen LogP contribution is -2.30. The van der Waals surface area contributed by atoms with Crippen LogP contribution in [-0.4, -0.2) is 25.2 Å². The van der Waals surface area contributed by atoms with Gasteiger partial charge < -0.3 is 10.1 Å². The number of nitriles is 1. The third-order valence-corrected chi connectivity index (χ3v) is 6.45. The zero-order chi connectivity index (χ0) is 23.2. The summed E-state index contributed by atoms with van der Waals surface area (Å²) in [4.78, 5) is 28.5. The fraction of sp³-hybridized carbons (Fsp3) is 0.320. The maximum absolute atomic E-state index is 13.7. The van der Waals surface area contributed by atoms with Crippen LogP contribution in [0.1, 0.15) is 61.0 Å². The van der Waals surface area contributed by atoms with Crippen LogP contribution in [0.3, 0.4) is 0 Å². The minimum Gasteiger partial charge on any atom is -0.481 e. The molecule has 0 aliphatic rings. The zero-order valence-electron chi connectivity index (χ0n) is 18.6. The van der Waals surface area contributed by atoms with Gasteiger partial charge in [0.05, 0.1) is 35.1 Å². The van der Waals surface area contributed by atoms with Crippen molar-refractivity contribution in [2.45, 2.75) is 52.6 Å². The quantitative estimate of drug-likeness (QED) is 0.458. The lowest BCUT2D eigenvalue weighted by molar-refractivity contribution is -0.137. The molecule has 2 atom stereocenters. The van der Waals surface area contributed by atoms with Gasteiger partial charge >= 0.3 is 11.7 Å². The topological polar surface area (TPSA) is 104 Å². The summed E-state index contributed by atoms with van der Waals surface area (Å²) in [5.74, 6) is -0.961. The number of aliphatic carboxylic acids is 1. The Labute approximate surface area is 185 Å². The first-order chi connectivity index (χ1) is 15.3. The number of carbonyl (C=O) groups is 1. The fourth-order valence-electron chi connectivity index (χ4n) is 4.55. The van der Waals surface area contributed by atoms with Gasteiger partial charge in [-0.1, -0.05) is 6.92 Å². The highest BCUT2D eigenvalue weighted by atomic mass is 16.4. The highest BCUT2D eigenvalue weighted by Crippen LogP contribution is 2.32. The molecule has 4 rings (SSSR count). The number of fused-ring (bicyclic) bond motifs is 2. The van der Waals surface area contributed by atoms with Crippen molar-refractivity contribution in [1.29, 1.82) is 5.26 Å². The Morgan fingerprint density at radius 3 is 2.53 bits per heavy atom. The summed E-state index contributed by atoms with van der Waals surface area (Å²) in [6, 6.07) is 10.7. The van der Waals surface area contributed by atoms with Gasteiger partial charge in [0.25, 0.3) is 0 Å². The van der Waals surface area contributed by atoms with Crippen molar-refractivity contribution in [3.63, 3.8) is 0 Å². The molecule has 32 heavy (non-hydrogen) atoms.